The van der Waals surface area contributed by atoms with Gasteiger partial charge in [-0.25, -0.2) is 0 Å². The van der Waals surface area contributed by atoms with E-state index >= 15 is 0 Å². The summed E-state index contributed by atoms with van der Waals surface area (Å²) >= 11 is 0. The van der Waals surface area contributed by atoms with Gasteiger partial charge in [0.15, 0.2) is 0 Å². The molecule has 3 rings (SSSR count). The fourth-order valence-electron chi connectivity index (χ4n) is 2.60. The summed E-state index contributed by atoms with van der Waals surface area (Å²) in [4.78, 5) is 0. The van der Waals surface area contributed by atoms with Gasteiger partial charge in [0.1, 0.15) is 0 Å². The molecule has 0 spiro atoms. The summed E-state index contributed by atoms with van der Waals surface area (Å²) in [5.41, 5.74) is 3.31. The minimum absolute atomic E-state index is 0.798. The van der Waals surface area contributed by atoms with E-state index in [9.17, 15) is 0 Å². The molecule has 11 heavy (non-hydrogen) atoms. The van der Waals surface area contributed by atoms with E-state index in [0.29, 0.717) is 0 Å². The largest absolute Gasteiger partial charge is 0.0804 e. The van der Waals surface area contributed by atoms with E-state index in [4.69, 9.17) is 0 Å². The summed E-state index contributed by atoms with van der Waals surface area (Å²) in [5, 5.41) is 0. The maximum absolute atomic E-state index is 2.45. The predicted molar refractivity (Wildman–Crippen MR) is 46.1 cm³/mol. The Balaban J connectivity index is 2.15. The van der Waals surface area contributed by atoms with Gasteiger partial charge in [-0.15, -0.1) is 0 Å². The molecule has 0 aliphatic heterocycles. The van der Waals surface area contributed by atoms with E-state index in [-0.39, 0.29) is 0 Å². The SMILES string of the molecule is C1=CC2CC1C1=CCCC=C12. The lowest BCUT2D eigenvalue weighted by atomic mass is 9.89. The number of allylic oxidation sites excluding steroid dienone is 6. The van der Waals surface area contributed by atoms with Gasteiger partial charge in [0.05, 0.1) is 0 Å². The maximum Gasteiger partial charge on any atom is 0.00266 e. The van der Waals surface area contributed by atoms with Crippen molar-refractivity contribution in [1.82, 2.24) is 0 Å². The molecular weight excluding hydrogens is 132 g/mol. The third-order valence-corrected chi connectivity index (χ3v) is 3.11. The van der Waals surface area contributed by atoms with Crippen molar-refractivity contribution >= 4 is 0 Å². The molecular formula is C11H12. The monoisotopic (exact) mass is 144 g/mol. The van der Waals surface area contributed by atoms with E-state index in [0.717, 1.165) is 11.8 Å². The lowest BCUT2D eigenvalue weighted by Gasteiger charge is -2.16. The van der Waals surface area contributed by atoms with Crippen LogP contribution in [0.25, 0.3) is 0 Å². The van der Waals surface area contributed by atoms with Crippen molar-refractivity contribution in [3.63, 3.8) is 0 Å². The Morgan fingerprint density at radius 3 is 2.00 bits per heavy atom. The van der Waals surface area contributed by atoms with Gasteiger partial charge in [0, 0.05) is 11.8 Å². The Kier molecular flexibility index (Phi) is 0.993. The zero-order chi connectivity index (χ0) is 7.26. The van der Waals surface area contributed by atoms with Crippen molar-refractivity contribution in [3.05, 3.63) is 35.5 Å². The Morgan fingerprint density at radius 2 is 1.45 bits per heavy atom. The third-order valence-electron chi connectivity index (χ3n) is 3.11. The Hall–Kier alpha value is -0.780. The molecule has 2 bridgehead atoms. The van der Waals surface area contributed by atoms with Crippen LogP contribution in [-0.4, -0.2) is 0 Å². The Morgan fingerprint density at radius 1 is 0.909 bits per heavy atom. The normalized spacial score (nSPS) is 38.5. The molecule has 0 amide bonds. The zero-order valence-corrected chi connectivity index (χ0v) is 6.59. The van der Waals surface area contributed by atoms with Crippen LogP contribution in [-0.2, 0) is 0 Å². The van der Waals surface area contributed by atoms with Crippen LogP contribution in [0.1, 0.15) is 19.3 Å². The van der Waals surface area contributed by atoms with Gasteiger partial charge in [0.25, 0.3) is 0 Å². The van der Waals surface area contributed by atoms with Crippen LogP contribution in [0.5, 0.6) is 0 Å². The van der Waals surface area contributed by atoms with E-state index < -0.39 is 0 Å². The molecule has 56 valence electrons. The summed E-state index contributed by atoms with van der Waals surface area (Å²) in [6.45, 7) is 0. The molecule has 0 N–H and O–H groups in total. The number of hydrogen-bond acceptors (Lipinski definition) is 0. The average Bonchev–Trinajstić information content (AvgIpc) is 2.64. The van der Waals surface area contributed by atoms with Gasteiger partial charge in [-0.2, -0.15) is 0 Å². The van der Waals surface area contributed by atoms with Crippen molar-refractivity contribution in [2.24, 2.45) is 11.8 Å². The molecule has 0 aromatic heterocycles. The average molecular weight is 144 g/mol. The van der Waals surface area contributed by atoms with Gasteiger partial charge in [-0.1, -0.05) is 24.3 Å². The van der Waals surface area contributed by atoms with E-state index in [1.165, 1.54) is 19.3 Å². The quantitative estimate of drug-likeness (QED) is 0.458. The molecule has 0 saturated heterocycles. The lowest BCUT2D eigenvalue weighted by Crippen LogP contribution is -2.00. The molecule has 2 unspecified atom stereocenters. The summed E-state index contributed by atoms with van der Waals surface area (Å²) in [6.07, 6.45) is 13.6. The molecule has 3 aliphatic carbocycles. The molecule has 0 heterocycles. The Bertz CT molecular complexity index is 250. The van der Waals surface area contributed by atoms with Crippen LogP contribution in [0.4, 0.5) is 0 Å². The minimum atomic E-state index is 0.798. The first-order valence-electron chi connectivity index (χ1n) is 4.54. The van der Waals surface area contributed by atoms with Crippen molar-refractivity contribution in [2.45, 2.75) is 19.3 Å². The first-order valence-corrected chi connectivity index (χ1v) is 4.54. The third kappa shape index (κ3) is 0.649. The van der Waals surface area contributed by atoms with Gasteiger partial charge in [-0.05, 0) is 30.4 Å². The summed E-state index contributed by atoms with van der Waals surface area (Å²) in [7, 11) is 0. The molecule has 2 atom stereocenters. The molecule has 0 aromatic rings. The van der Waals surface area contributed by atoms with Crippen LogP contribution in [0.15, 0.2) is 35.5 Å². The number of fused-ring (bicyclic) bond motifs is 5. The highest BCUT2D eigenvalue weighted by Gasteiger charge is 2.35. The minimum Gasteiger partial charge on any atom is -0.0804 e. The molecule has 0 heteroatoms. The standard InChI is InChI=1S/C11H12/c1-2-4-11-9-6-5-8(7-9)10(11)3-1/h3-6,8-9H,1-2,7H2. The van der Waals surface area contributed by atoms with Crippen LogP contribution in [0.3, 0.4) is 0 Å². The van der Waals surface area contributed by atoms with Crippen molar-refractivity contribution in [2.75, 3.05) is 0 Å². The molecule has 1 saturated carbocycles. The van der Waals surface area contributed by atoms with E-state index in [2.05, 4.69) is 24.3 Å². The second kappa shape index (κ2) is 1.88. The van der Waals surface area contributed by atoms with Crippen molar-refractivity contribution in [3.8, 4) is 0 Å². The first kappa shape index (κ1) is 5.82. The van der Waals surface area contributed by atoms with Gasteiger partial charge in [0.2, 0.25) is 0 Å². The molecule has 1 fully saturated rings. The van der Waals surface area contributed by atoms with Crippen molar-refractivity contribution in [1.29, 1.82) is 0 Å². The molecule has 0 radical (unpaired) electrons. The molecule has 0 aromatic carbocycles. The lowest BCUT2D eigenvalue weighted by molar-refractivity contribution is 0.736. The smallest absolute Gasteiger partial charge is 0.00266 e. The van der Waals surface area contributed by atoms with Crippen LogP contribution in [0, 0.1) is 11.8 Å². The van der Waals surface area contributed by atoms with Gasteiger partial charge >= 0.3 is 0 Å². The summed E-state index contributed by atoms with van der Waals surface area (Å²) < 4.78 is 0. The fourth-order valence-corrected chi connectivity index (χ4v) is 2.60. The Labute approximate surface area is 67.3 Å². The zero-order valence-electron chi connectivity index (χ0n) is 6.59. The van der Waals surface area contributed by atoms with Gasteiger partial charge in [-0.3, -0.25) is 0 Å². The van der Waals surface area contributed by atoms with Crippen LogP contribution >= 0.6 is 0 Å². The summed E-state index contributed by atoms with van der Waals surface area (Å²) in [6, 6.07) is 0. The maximum atomic E-state index is 2.45. The van der Waals surface area contributed by atoms with E-state index in [1.54, 1.807) is 11.1 Å². The molecule has 3 aliphatic rings. The molecule has 0 nitrogen and oxygen atoms in total. The highest BCUT2D eigenvalue weighted by atomic mass is 14.4. The second-order valence-corrected chi connectivity index (χ2v) is 3.73. The van der Waals surface area contributed by atoms with Crippen LogP contribution < -0.4 is 0 Å². The summed E-state index contributed by atoms with van der Waals surface area (Å²) in [5.74, 6) is 1.60. The predicted octanol–water partition coefficient (Wildman–Crippen LogP) is 2.84. The fraction of sp³-hybridized carbons (Fsp3) is 0.455. The highest BCUT2D eigenvalue weighted by Crippen LogP contribution is 2.48. The first-order chi connectivity index (χ1) is 5.45. The van der Waals surface area contributed by atoms with Gasteiger partial charge < -0.3 is 0 Å². The van der Waals surface area contributed by atoms with Crippen molar-refractivity contribution < 1.29 is 0 Å². The topological polar surface area (TPSA) is 0 Å². The number of rotatable bonds is 0. The highest BCUT2D eigenvalue weighted by molar-refractivity contribution is 5.49. The van der Waals surface area contributed by atoms with E-state index in [1.807, 2.05) is 0 Å². The number of hydrogen-bond donors (Lipinski definition) is 0. The van der Waals surface area contributed by atoms with Crippen LogP contribution in [0.2, 0.25) is 0 Å². The second-order valence-electron chi connectivity index (χ2n) is 3.73.